The standard InChI is InChI=1S/C16H30N2/c1-15(2)8-4-3-7-14(15)18-12-11-17-16(13-18)9-5-6-10-16/h14,17H,3-13H2,1-2H3. The second-order valence-corrected chi connectivity index (χ2v) is 7.63. The molecule has 1 unspecified atom stereocenters. The normalized spacial score (nSPS) is 36.0. The summed E-state index contributed by atoms with van der Waals surface area (Å²) in [6.45, 7) is 8.81. The number of hydrogen-bond donors (Lipinski definition) is 1. The van der Waals surface area contributed by atoms with Gasteiger partial charge in [0.25, 0.3) is 0 Å². The van der Waals surface area contributed by atoms with Crippen LogP contribution in [0.25, 0.3) is 0 Å². The number of nitrogens with one attached hydrogen (secondary N) is 1. The minimum Gasteiger partial charge on any atom is -0.309 e. The van der Waals surface area contributed by atoms with Crippen LogP contribution in [0.4, 0.5) is 0 Å². The lowest BCUT2D eigenvalue weighted by atomic mass is 9.72. The molecular formula is C16H30N2. The van der Waals surface area contributed by atoms with Gasteiger partial charge in [-0.25, -0.2) is 0 Å². The van der Waals surface area contributed by atoms with Gasteiger partial charge < -0.3 is 5.32 Å². The van der Waals surface area contributed by atoms with Crippen molar-refractivity contribution in [3.05, 3.63) is 0 Å². The molecule has 1 atom stereocenters. The Morgan fingerprint density at radius 1 is 1.00 bits per heavy atom. The molecule has 1 aliphatic heterocycles. The minimum absolute atomic E-state index is 0.492. The molecule has 0 aromatic heterocycles. The van der Waals surface area contributed by atoms with Gasteiger partial charge in [-0.15, -0.1) is 0 Å². The third kappa shape index (κ3) is 2.34. The molecule has 3 rings (SSSR count). The molecule has 3 aliphatic rings. The number of rotatable bonds is 1. The van der Waals surface area contributed by atoms with Crippen molar-refractivity contribution in [2.45, 2.75) is 76.8 Å². The molecule has 2 saturated carbocycles. The van der Waals surface area contributed by atoms with E-state index in [9.17, 15) is 0 Å². The van der Waals surface area contributed by atoms with E-state index in [1.54, 1.807) is 0 Å². The average Bonchev–Trinajstić information content (AvgIpc) is 2.76. The van der Waals surface area contributed by atoms with Gasteiger partial charge in [0.05, 0.1) is 0 Å². The average molecular weight is 250 g/mol. The maximum atomic E-state index is 3.85. The van der Waals surface area contributed by atoms with Crippen molar-refractivity contribution < 1.29 is 0 Å². The van der Waals surface area contributed by atoms with Crippen LogP contribution in [0.2, 0.25) is 0 Å². The van der Waals surface area contributed by atoms with Crippen LogP contribution in [0.3, 0.4) is 0 Å². The van der Waals surface area contributed by atoms with Crippen LogP contribution in [-0.2, 0) is 0 Å². The van der Waals surface area contributed by atoms with Crippen molar-refractivity contribution in [3.8, 4) is 0 Å². The Hall–Kier alpha value is -0.0800. The summed E-state index contributed by atoms with van der Waals surface area (Å²) in [5, 5.41) is 3.85. The zero-order valence-electron chi connectivity index (χ0n) is 12.3. The molecule has 3 fully saturated rings. The van der Waals surface area contributed by atoms with Gasteiger partial charge in [0, 0.05) is 31.2 Å². The van der Waals surface area contributed by atoms with E-state index in [2.05, 4.69) is 24.1 Å². The first-order valence-electron chi connectivity index (χ1n) is 8.11. The molecule has 1 N–H and O–H groups in total. The van der Waals surface area contributed by atoms with Crippen molar-refractivity contribution >= 4 is 0 Å². The first-order chi connectivity index (χ1) is 8.61. The second-order valence-electron chi connectivity index (χ2n) is 7.63. The molecule has 0 bridgehead atoms. The maximum absolute atomic E-state index is 3.85. The highest BCUT2D eigenvalue weighted by atomic mass is 15.3. The molecule has 18 heavy (non-hydrogen) atoms. The van der Waals surface area contributed by atoms with E-state index < -0.39 is 0 Å². The van der Waals surface area contributed by atoms with Crippen LogP contribution < -0.4 is 5.32 Å². The fourth-order valence-corrected chi connectivity index (χ4v) is 4.79. The van der Waals surface area contributed by atoms with Gasteiger partial charge in [-0.1, -0.05) is 39.5 Å². The lowest BCUT2D eigenvalue weighted by Gasteiger charge is -2.51. The molecule has 1 saturated heterocycles. The van der Waals surface area contributed by atoms with Gasteiger partial charge >= 0.3 is 0 Å². The van der Waals surface area contributed by atoms with Crippen molar-refractivity contribution in [3.63, 3.8) is 0 Å². The van der Waals surface area contributed by atoms with Gasteiger partial charge in [-0.05, 0) is 31.1 Å². The van der Waals surface area contributed by atoms with Gasteiger partial charge in [0.15, 0.2) is 0 Å². The molecule has 0 amide bonds. The second kappa shape index (κ2) is 4.79. The zero-order chi connectivity index (χ0) is 12.6. The first-order valence-corrected chi connectivity index (χ1v) is 8.11. The number of hydrogen-bond acceptors (Lipinski definition) is 2. The smallest absolute Gasteiger partial charge is 0.0309 e. The van der Waals surface area contributed by atoms with Crippen molar-refractivity contribution in [2.24, 2.45) is 5.41 Å². The van der Waals surface area contributed by atoms with Crippen LogP contribution >= 0.6 is 0 Å². The van der Waals surface area contributed by atoms with Crippen molar-refractivity contribution in [1.29, 1.82) is 0 Å². The molecule has 0 aromatic carbocycles. The highest BCUT2D eigenvalue weighted by Crippen LogP contribution is 2.41. The Bertz CT molecular complexity index is 291. The highest BCUT2D eigenvalue weighted by Gasteiger charge is 2.43. The van der Waals surface area contributed by atoms with Gasteiger partial charge in [-0.3, -0.25) is 4.90 Å². The summed E-state index contributed by atoms with van der Waals surface area (Å²) in [4.78, 5) is 2.85. The van der Waals surface area contributed by atoms with E-state index in [1.165, 1.54) is 71.0 Å². The zero-order valence-corrected chi connectivity index (χ0v) is 12.3. The summed E-state index contributed by atoms with van der Waals surface area (Å²) in [7, 11) is 0. The predicted molar refractivity (Wildman–Crippen MR) is 76.8 cm³/mol. The first kappa shape index (κ1) is 12.9. The van der Waals surface area contributed by atoms with E-state index in [0.717, 1.165) is 6.04 Å². The topological polar surface area (TPSA) is 15.3 Å². The quantitative estimate of drug-likeness (QED) is 0.769. The van der Waals surface area contributed by atoms with Crippen molar-refractivity contribution in [2.75, 3.05) is 19.6 Å². The van der Waals surface area contributed by atoms with Crippen LogP contribution in [0.15, 0.2) is 0 Å². The summed E-state index contributed by atoms with van der Waals surface area (Å²) in [6, 6.07) is 0.839. The van der Waals surface area contributed by atoms with Crippen molar-refractivity contribution in [1.82, 2.24) is 10.2 Å². The van der Waals surface area contributed by atoms with Gasteiger partial charge in [-0.2, -0.15) is 0 Å². The molecular weight excluding hydrogens is 220 g/mol. The summed E-state index contributed by atoms with van der Waals surface area (Å²) in [5.41, 5.74) is 1.03. The Morgan fingerprint density at radius 2 is 1.72 bits per heavy atom. The van der Waals surface area contributed by atoms with E-state index >= 15 is 0 Å². The Labute approximate surface area is 113 Å². The Balaban J connectivity index is 1.71. The third-order valence-corrected chi connectivity index (χ3v) is 5.86. The molecule has 2 heteroatoms. The van der Waals surface area contributed by atoms with Gasteiger partial charge in [0.2, 0.25) is 0 Å². The van der Waals surface area contributed by atoms with E-state index in [-0.39, 0.29) is 0 Å². The van der Waals surface area contributed by atoms with Crippen LogP contribution in [0.5, 0.6) is 0 Å². The van der Waals surface area contributed by atoms with Gasteiger partial charge in [0.1, 0.15) is 0 Å². The largest absolute Gasteiger partial charge is 0.309 e. The maximum Gasteiger partial charge on any atom is 0.0309 e. The lowest BCUT2D eigenvalue weighted by Crippen LogP contribution is -2.63. The monoisotopic (exact) mass is 250 g/mol. The Morgan fingerprint density at radius 3 is 2.44 bits per heavy atom. The number of nitrogens with zero attached hydrogens (tertiary/aromatic N) is 1. The summed E-state index contributed by atoms with van der Waals surface area (Å²) < 4.78 is 0. The van der Waals surface area contributed by atoms with Crippen LogP contribution in [0.1, 0.15) is 65.2 Å². The molecule has 0 aromatic rings. The number of piperazine rings is 1. The van der Waals surface area contributed by atoms with E-state index in [1.807, 2.05) is 0 Å². The molecule has 1 heterocycles. The Kier molecular flexibility index (Phi) is 3.44. The van der Waals surface area contributed by atoms with Crippen LogP contribution in [0, 0.1) is 5.41 Å². The fourth-order valence-electron chi connectivity index (χ4n) is 4.79. The molecule has 2 aliphatic carbocycles. The molecule has 2 nitrogen and oxygen atoms in total. The lowest BCUT2D eigenvalue weighted by molar-refractivity contribution is 0.00913. The summed E-state index contributed by atoms with van der Waals surface area (Å²) in [5.74, 6) is 0. The highest BCUT2D eigenvalue weighted by molar-refractivity contribution is 5.01. The molecule has 1 spiro atoms. The van der Waals surface area contributed by atoms with E-state index in [4.69, 9.17) is 0 Å². The molecule has 0 radical (unpaired) electrons. The SMILES string of the molecule is CC1(C)CCCCC1N1CCNC2(CCCC2)C1. The fraction of sp³-hybridized carbons (Fsp3) is 1.00. The molecule has 104 valence electrons. The summed E-state index contributed by atoms with van der Waals surface area (Å²) in [6.07, 6.45) is 11.5. The summed E-state index contributed by atoms with van der Waals surface area (Å²) >= 11 is 0. The minimum atomic E-state index is 0.492. The third-order valence-electron chi connectivity index (χ3n) is 5.86. The van der Waals surface area contributed by atoms with E-state index in [0.29, 0.717) is 11.0 Å². The van der Waals surface area contributed by atoms with Crippen LogP contribution in [-0.4, -0.2) is 36.1 Å². The predicted octanol–water partition coefficient (Wildman–Crippen LogP) is 3.17.